The van der Waals surface area contributed by atoms with E-state index in [9.17, 15) is 13.2 Å². The van der Waals surface area contributed by atoms with Gasteiger partial charge in [0, 0.05) is 39.2 Å². The van der Waals surface area contributed by atoms with Gasteiger partial charge in [0.25, 0.3) is 15.6 Å². The third kappa shape index (κ3) is 2.35. The van der Waals surface area contributed by atoms with E-state index in [-0.39, 0.29) is 17.1 Å². The van der Waals surface area contributed by atoms with Crippen molar-refractivity contribution in [1.29, 1.82) is 0 Å². The predicted octanol–water partition coefficient (Wildman–Crippen LogP) is -0.256. The maximum atomic E-state index is 12.8. The van der Waals surface area contributed by atoms with Gasteiger partial charge in [-0.25, -0.2) is 13.1 Å². The minimum atomic E-state index is -3.63. The zero-order chi connectivity index (χ0) is 15.9. The number of aromatic nitrogens is 4. The lowest BCUT2D eigenvalue weighted by atomic mass is 10.1. The molecule has 0 aliphatic carbocycles. The van der Waals surface area contributed by atoms with Crippen molar-refractivity contribution < 1.29 is 8.42 Å². The Hall–Kier alpha value is -2.00. The lowest BCUT2D eigenvalue weighted by Gasteiger charge is -2.27. The Balaban J connectivity index is 1.97. The first-order chi connectivity index (χ1) is 10.4. The van der Waals surface area contributed by atoms with E-state index in [1.807, 2.05) is 6.92 Å². The molecule has 0 amide bonds. The molecule has 0 bridgehead atoms. The molecule has 0 saturated carbocycles. The average molecular weight is 323 g/mol. The van der Waals surface area contributed by atoms with Crippen LogP contribution in [-0.2, 0) is 36.6 Å². The van der Waals surface area contributed by atoms with Crippen molar-refractivity contribution in [1.82, 2.24) is 23.9 Å². The Kier molecular flexibility index (Phi) is 3.61. The topological polar surface area (TPSA) is 90.1 Å². The Morgan fingerprint density at radius 2 is 2.14 bits per heavy atom. The summed E-state index contributed by atoms with van der Waals surface area (Å²) in [4.78, 5) is 11.7. The molecule has 118 valence electrons. The molecule has 1 aliphatic heterocycles. The van der Waals surface area contributed by atoms with Crippen LogP contribution in [0.25, 0.3) is 0 Å². The van der Waals surface area contributed by atoms with Crippen molar-refractivity contribution in [3.8, 4) is 0 Å². The molecule has 1 aliphatic rings. The summed E-state index contributed by atoms with van der Waals surface area (Å²) in [7, 11) is -2.04. The van der Waals surface area contributed by atoms with E-state index in [4.69, 9.17) is 0 Å². The number of hydrogen-bond donors (Lipinski definition) is 0. The lowest BCUT2D eigenvalue weighted by Crippen LogP contribution is -2.39. The standard InChI is InChI=1S/C13H17N5O3S/c1-3-18-13(4-6-14-18)22(20,21)17-7-5-11-10(9-17)8-12(19)16(2)15-11/h4,6,8H,3,5,7,9H2,1-2H3. The van der Waals surface area contributed by atoms with Gasteiger partial charge in [-0.3, -0.25) is 9.48 Å². The van der Waals surface area contributed by atoms with Gasteiger partial charge in [0.05, 0.1) is 11.9 Å². The summed E-state index contributed by atoms with van der Waals surface area (Å²) < 4.78 is 29.6. The van der Waals surface area contributed by atoms with Gasteiger partial charge >= 0.3 is 0 Å². The lowest BCUT2D eigenvalue weighted by molar-refractivity contribution is 0.377. The van der Waals surface area contributed by atoms with E-state index in [0.717, 1.165) is 5.69 Å². The molecule has 0 radical (unpaired) electrons. The molecule has 3 rings (SSSR count). The van der Waals surface area contributed by atoms with Gasteiger partial charge in [0.1, 0.15) is 0 Å². The van der Waals surface area contributed by atoms with Crippen LogP contribution in [0.3, 0.4) is 0 Å². The van der Waals surface area contributed by atoms with Crippen LogP contribution in [0.1, 0.15) is 18.2 Å². The monoisotopic (exact) mass is 323 g/mol. The van der Waals surface area contributed by atoms with Crippen LogP contribution >= 0.6 is 0 Å². The first-order valence-electron chi connectivity index (χ1n) is 7.01. The SMILES string of the molecule is CCn1nccc1S(=O)(=O)N1CCc2nn(C)c(=O)cc2C1. The van der Waals surface area contributed by atoms with Crippen molar-refractivity contribution in [3.05, 3.63) is 39.9 Å². The van der Waals surface area contributed by atoms with Crippen molar-refractivity contribution in [2.45, 2.75) is 31.5 Å². The zero-order valence-electron chi connectivity index (χ0n) is 12.4. The molecular weight excluding hydrogens is 306 g/mol. The Labute approximate surface area is 128 Å². The second kappa shape index (κ2) is 5.33. The summed E-state index contributed by atoms with van der Waals surface area (Å²) in [6.07, 6.45) is 1.97. The molecule has 0 N–H and O–H groups in total. The number of rotatable bonds is 3. The smallest absolute Gasteiger partial charge is 0.266 e. The predicted molar refractivity (Wildman–Crippen MR) is 78.7 cm³/mol. The van der Waals surface area contributed by atoms with Crippen molar-refractivity contribution in [2.75, 3.05) is 6.54 Å². The highest BCUT2D eigenvalue weighted by Crippen LogP contribution is 2.22. The van der Waals surface area contributed by atoms with Gasteiger partial charge in [0.2, 0.25) is 0 Å². The molecule has 0 fully saturated rings. The first-order valence-corrected chi connectivity index (χ1v) is 8.45. The summed E-state index contributed by atoms with van der Waals surface area (Å²) >= 11 is 0. The van der Waals surface area contributed by atoms with Crippen LogP contribution in [0, 0.1) is 0 Å². The molecule has 0 saturated heterocycles. The maximum Gasteiger partial charge on any atom is 0.266 e. The average Bonchev–Trinajstić information content (AvgIpc) is 2.97. The van der Waals surface area contributed by atoms with Gasteiger partial charge in [-0.15, -0.1) is 0 Å². The molecule has 2 aromatic heterocycles. The quantitative estimate of drug-likeness (QED) is 0.776. The van der Waals surface area contributed by atoms with Gasteiger partial charge in [-0.2, -0.15) is 14.5 Å². The molecule has 0 atom stereocenters. The summed E-state index contributed by atoms with van der Waals surface area (Å²) in [6.45, 7) is 2.82. The molecular formula is C13H17N5O3S. The van der Waals surface area contributed by atoms with E-state index >= 15 is 0 Å². The van der Waals surface area contributed by atoms with E-state index in [2.05, 4.69) is 10.2 Å². The van der Waals surface area contributed by atoms with E-state index in [1.54, 1.807) is 7.05 Å². The van der Waals surface area contributed by atoms with Crippen LogP contribution in [-0.4, -0.2) is 38.8 Å². The molecule has 9 heteroatoms. The fourth-order valence-electron chi connectivity index (χ4n) is 2.58. The number of fused-ring (bicyclic) bond motifs is 1. The molecule has 22 heavy (non-hydrogen) atoms. The number of aryl methyl sites for hydroxylation is 2. The highest BCUT2D eigenvalue weighted by Gasteiger charge is 2.31. The first kappa shape index (κ1) is 14.9. The molecule has 0 unspecified atom stereocenters. The van der Waals surface area contributed by atoms with Crippen LogP contribution < -0.4 is 5.56 Å². The van der Waals surface area contributed by atoms with E-state index in [1.165, 1.54) is 32.0 Å². The van der Waals surface area contributed by atoms with Crippen molar-refractivity contribution in [3.63, 3.8) is 0 Å². The van der Waals surface area contributed by atoms with Crippen LogP contribution in [0.4, 0.5) is 0 Å². The Bertz CT molecular complexity index is 868. The molecule has 0 spiro atoms. The largest absolute Gasteiger partial charge is 0.268 e. The molecule has 0 aromatic carbocycles. The second-order valence-electron chi connectivity index (χ2n) is 5.15. The summed E-state index contributed by atoms with van der Waals surface area (Å²) in [5.74, 6) is 0. The van der Waals surface area contributed by atoms with Crippen molar-refractivity contribution >= 4 is 10.0 Å². The summed E-state index contributed by atoms with van der Waals surface area (Å²) in [5, 5.41) is 8.38. The fraction of sp³-hybridized carbons (Fsp3) is 0.462. The van der Waals surface area contributed by atoms with E-state index < -0.39 is 10.0 Å². The Morgan fingerprint density at radius 3 is 2.86 bits per heavy atom. The van der Waals surface area contributed by atoms with Gasteiger partial charge in [0.15, 0.2) is 5.03 Å². The minimum absolute atomic E-state index is 0.162. The Morgan fingerprint density at radius 1 is 1.36 bits per heavy atom. The van der Waals surface area contributed by atoms with Crippen LogP contribution in [0.2, 0.25) is 0 Å². The molecule has 2 aromatic rings. The minimum Gasteiger partial charge on any atom is -0.268 e. The summed E-state index contributed by atoms with van der Waals surface area (Å²) in [6, 6.07) is 2.96. The van der Waals surface area contributed by atoms with Crippen LogP contribution in [0.5, 0.6) is 0 Å². The third-order valence-electron chi connectivity index (χ3n) is 3.78. The summed E-state index contributed by atoms with van der Waals surface area (Å²) in [5.41, 5.74) is 1.20. The maximum absolute atomic E-state index is 12.8. The third-order valence-corrected chi connectivity index (χ3v) is 5.65. The zero-order valence-corrected chi connectivity index (χ0v) is 13.2. The highest BCUT2D eigenvalue weighted by atomic mass is 32.2. The fourth-order valence-corrected chi connectivity index (χ4v) is 4.16. The van der Waals surface area contributed by atoms with Gasteiger partial charge < -0.3 is 0 Å². The van der Waals surface area contributed by atoms with Gasteiger partial charge in [-0.05, 0) is 18.6 Å². The highest BCUT2D eigenvalue weighted by molar-refractivity contribution is 7.89. The second-order valence-corrected chi connectivity index (χ2v) is 7.04. The normalized spacial score (nSPS) is 15.7. The number of sulfonamides is 1. The number of nitrogens with zero attached hydrogens (tertiary/aromatic N) is 5. The van der Waals surface area contributed by atoms with Crippen molar-refractivity contribution in [2.24, 2.45) is 7.05 Å². The van der Waals surface area contributed by atoms with E-state index in [0.29, 0.717) is 25.1 Å². The van der Waals surface area contributed by atoms with Crippen LogP contribution in [0.15, 0.2) is 28.2 Å². The molecule has 3 heterocycles. The number of hydrogen-bond acceptors (Lipinski definition) is 5. The molecule has 8 nitrogen and oxygen atoms in total. The van der Waals surface area contributed by atoms with Gasteiger partial charge in [-0.1, -0.05) is 0 Å².